The van der Waals surface area contributed by atoms with E-state index in [-0.39, 0.29) is 18.9 Å². The lowest BCUT2D eigenvalue weighted by Gasteiger charge is -2.02. The Morgan fingerprint density at radius 3 is 2.67 bits per heavy atom. The van der Waals surface area contributed by atoms with E-state index in [0.717, 1.165) is 6.33 Å². The molecule has 0 aliphatic carbocycles. The van der Waals surface area contributed by atoms with Gasteiger partial charge in [-0.05, 0) is 12.1 Å². The Hall–Kier alpha value is -1.88. The predicted molar refractivity (Wildman–Crippen MR) is 61.9 cm³/mol. The smallest absolute Gasteiger partial charge is 0.438 e. The summed E-state index contributed by atoms with van der Waals surface area (Å²) >= 11 is 0. The first-order chi connectivity index (χ1) is 9.75. The average Bonchev–Trinajstić information content (AvgIpc) is 3.05. The lowest BCUT2D eigenvalue weighted by molar-refractivity contribution is -0.154. The molecule has 2 aromatic rings. The molecule has 0 spiro atoms. The minimum Gasteiger partial charge on any atom is -0.438 e. The molecule has 0 fully saturated rings. The summed E-state index contributed by atoms with van der Waals surface area (Å²) in [5.41, 5.74) is 0. The minimum absolute atomic E-state index is 0.183. The topological polar surface area (TPSA) is 87.2 Å². The van der Waals surface area contributed by atoms with Crippen LogP contribution in [0.5, 0.6) is 0 Å². The van der Waals surface area contributed by atoms with Crippen molar-refractivity contribution in [2.45, 2.75) is 17.7 Å². The molecule has 21 heavy (non-hydrogen) atoms. The molecule has 0 saturated heterocycles. The molecule has 2 heterocycles. The maximum atomic E-state index is 12.4. The zero-order chi connectivity index (χ0) is 15.7. The van der Waals surface area contributed by atoms with Crippen LogP contribution in [0.25, 0.3) is 0 Å². The molecule has 0 saturated carbocycles. The highest BCUT2D eigenvalue weighted by Gasteiger charge is 2.36. The van der Waals surface area contributed by atoms with Gasteiger partial charge in [0.2, 0.25) is 10.9 Å². The van der Waals surface area contributed by atoms with Gasteiger partial charge in [-0.3, -0.25) is 0 Å². The predicted octanol–water partition coefficient (Wildman–Crippen LogP) is 1.32. The maximum Gasteiger partial charge on any atom is 0.449 e. The molecular formula is C10H10F3N3O4S. The zero-order valence-electron chi connectivity index (χ0n) is 10.7. The van der Waals surface area contributed by atoms with Gasteiger partial charge in [-0.2, -0.15) is 21.6 Å². The Morgan fingerprint density at radius 1 is 1.38 bits per heavy atom. The first kappa shape index (κ1) is 15.5. The van der Waals surface area contributed by atoms with Crippen molar-refractivity contribution in [3.05, 3.63) is 30.0 Å². The average molecular weight is 325 g/mol. The van der Waals surface area contributed by atoms with Crippen molar-refractivity contribution in [1.82, 2.24) is 14.2 Å². The number of halogens is 3. The van der Waals surface area contributed by atoms with Crippen LogP contribution in [0.3, 0.4) is 0 Å². The third-order valence-electron chi connectivity index (χ3n) is 2.41. The van der Waals surface area contributed by atoms with Gasteiger partial charge in [0.1, 0.15) is 6.33 Å². The Kier molecular flexibility index (Phi) is 4.05. The van der Waals surface area contributed by atoms with Crippen molar-refractivity contribution in [2.75, 3.05) is 13.7 Å². The quantitative estimate of drug-likeness (QED) is 0.824. The third-order valence-corrected chi connectivity index (χ3v) is 3.81. The van der Waals surface area contributed by atoms with Gasteiger partial charge in [0.05, 0.1) is 6.61 Å². The van der Waals surface area contributed by atoms with E-state index in [1.54, 1.807) is 0 Å². The zero-order valence-corrected chi connectivity index (χ0v) is 11.5. The number of nitrogens with zero attached hydrogens (tertiary/aromatic N) is 3. The number of hydrogen-bond acceptors (Lipinski definition) is 6. The summed E-state index contributed by atoms with van der Waals surface area (Å²) in [5.74, 6) is -1.22. The molecule has 0 N–H and O–H groups in total. The van der Waals surface area contributed by atoms with Crippen molar-refractivity contribution in [3.8, 4) is 0 Å². The monoisotopic (exact) mass is 325 g/mol. The van der Waals surface area contributed by atoms with E-state index in [9.17, 15) is 21.6 Å². The van der Waals surface area contributed by atoms with Crippen LogP contribution in [-0.2, 0) is 27.4 Å². The first-order valence-corrected chi connectivity index (χ1v) is 7.01. The number of ether oxygens (including phenoxy) is 1. The second-order valence-corrected chi connectivity index (χ2v) is 5.62. The van der Waals surface area contributed by atoms with E-state index in [1.807, 2.05) is 0 Å². The van der Waals surface area contributed by atoms with Gasteiger partial charge < -0.3 is 9.15 Å². The van der Waals surface area contributed by atoms with Gasteiger partial charge >= 0.3 is 16.2 Å². The molecule has 2 aromatic heterocycles. The second-order valence-electron chi connectivity index (χ2n) is 3.90. The number of aromatic nitrogens is 3. The van der Waals surface area contributed by atoms with E-state index < -0.39 is 27.1 Å². The molecule has 0 unspecified atom stereocenters. The summed E-state index contributed by atoms with van der Waals surface area (Å²) in [6, 6.07) is 1.25. The van der Waals surface area contributed by atoms with Crippen LogP contribution < -0.4 is 0 Å². The molecule has 11 heteroatoms. The maximum absolute atomic E-state index is 12.4. The Labute approximate surface area is 117 Å². The van der Waals surface area contributed by atoms with E-state index >= 15 is 0 Å². The van der Waals surface area contributed by atoms with Crippen LogP contribution in [0.1, 0.15) is 11.6 Å². The minimum atomic E-state index is -4.76. The fourth-order valence-corrected chi connectivity index (χ4v) is 2.40. The Balaban J connectivity index is 2.29. The second kappa shape index (κ2) is 5.48. The summed E-state index contributed by atoms with van der Waals surface area (Å²) in [6.45, 7) is 0.281. The molecule has 0 atom stereocenters. The number of alkyl halides is 3. The highest BCUT2D eigenvalue weighted by Crippen LogP contribution is 2.32. The molecule has 0 amide bonds. The summed E-state index contributed by atoms with van der Waals surface area (Å²) in [4.78, 5) is 3.73. The van der Waals surface area contributed by atoms with E-state index in [0.29, 0.717) is 16.2 Å². The fourth-order valence-electron chi connectivity index (χ4n) is 1.41. The standard InChI is InChI=1S/C10H10F3N3O4S/c1-19-5-4-8-14-6-16(15-8)21(17,18)9-3-2-7(20-9)10(11,12)13/h2-3,6H,4-5H2,1H3. The first-order valence-electron chi connectivity index (χ1n) is 5.57. The van der Waals surface area contributed by atoms with Gasteiger partial charge in [-0.1, -0.05) is 0 Å². The van der Waals surface area contributed by atoms with Gasteiger partial charge in [0.25, 0.3) is 0 Å². The van der Waals surface area contributed by atoms with Crippen LogP contribution in [0.15, 0.2) is 28.0 Å². The van der Waals surface area contributed by atoms with Crippen molar-refractivity contribution in [3.63, 3.8) is 0 Å². The largest absolute Gasteiger partial charge is 0.449 e. The van der Waals surface area contributed by atoms with Crippen molar-refractivity contribution in [2.24, 2.45) is 0 Å². The number of rotatable bonds is 5. The summed E-state index contributed by atoms with van der Waals surface area (Å²) in [7, 11) is -2.89. The highest BCUT2D eigenvalue weighted by atomic mass is 32.2. The molecule has 116 valence electrons. The lowest BCUT2D eigenvalue weighted by Crippen LogP contribution is -2.13. The summed E-state index contributed by atoms with van der Waals surface area (Å²) in [5, 5.41) is 2.80. The van der Waals surface area contributed by atoms with Crippen LogP contribution in [-0.4, -0.2) is 36.3 Å². The molecule has 0 aliphatic rings. The number of hydrogen-bond donors (Lipinski definition) is 0. The molecule has 2 rings (SSSR count). The van der Waals surface area contributed by atoms with E-state index in [2.05, 4.69) is 14.5 Å². The summed E-state index contributed by atoms with van der Waals surface area (Å²) in [6.07, 6.45) is -3.61. The molecule has 0 aromatic carbocycles. The normalized spacial score (nSPS) is 12.8. The molecule has 0 radical (unpaired) electrons. The van der Waals surface area contributed by atoms with E-state index in [4.69, 9.17) is 4.74 Å². The Bertz CT molecular complexity index is 720. The summed E-state index contributed by atoms with van der Waals surface area (Å²) < 4.78 is 70.8. The van der Waals surface area contributed by atoms with Gasteiger partial charge in [-0.25, -0.2) is 4.98 Å². The molecule has 0 bridgehead atoms. The molecule has 0 aliphatic heterocycles. The fraction of sp³-hybridized carbons (Fsp3) is 0.400. The SMILES string of the molecule is COCCc1ncn(S(=O)(=O)c2ccc(C(F)(F)F)o2)n1. The molecular weight excluding hydrogens is 315 g/mol. The van der Waals surface area contributed by atoms with Gasteiger partial charge in [0, 0.05) is 13.5 Å². The van der Waals surface area contributed by atoms with Crippen LogP contribution in [0.2, 0.25) is 0 Å². The lowest BCUT2D eigenvalue weighted by atomic mass is 10.4. The van der Waals surface area contributed by atoms with Crippen molar-refractivity contribution < 1.29 is 30.7 Å². The number of methoxy groups -OCH3 is 1. The van der Waals surface area contributed by atoms with Crippen molar-refractivity contribution >= 4 is 10.0 Å². The van der Waals surface area contributed by atoms with Crippen LogP contribution in [0.4, 0.5) is 13.2 Å². The van der Waals surface area contributed by atoms with E-state index in [1.165, 1.54) is 7.11 Å². The van der Waals surface area contributed by atoms with Crippen LogP contribution in [0, 0.1) is 0 Å². The Morgan fingerprint density at radius 2 is 2.10 bits per heavy atom. The van der Waals surface area contributed by atoms with Gasteiger partial charge in [0.15, 0.2) is 5.82 Å². The number of furan rings is 1. The third kappa shape index (κ3) is 3.24. The molecule has 7 nitrogen and oxygen atoms in total. The highest BCUT2D eigenvalue weighted by molar-refractivity contribution is 7.89. The van der Waals surface area contributed by atoms with Crippen LogP contribution >= 0.6 is 0 Å². The van der Waals surface area contributed by atoms with Gasteiger partial charge in [-0.15, -0.1) is 9.19 Å². The van der Waals surface area contributed by atoms with Crippen molar-refractivity contribution in [1.29, 1.82) is 0 Å².